The van der Waals surface area contributed by atoms with Crippen molar-refractivity contribution in [2.75, 3.05) is 0 Å². The molecule has 0 amide bonds. The molecule has 7 heteroatoms. The van der Waals surface area contributed by atoms with Crippen LogP contribution in [0, 0.1) is 5.82 Å². The lowest BCUT2D eigenvalue weighted by Gasteiger charge is -2.18. The maximum Gasteiger partial charge on any atom is 0.271 e. The molecule has 2 aromatic rings. The van der Waals surface area contributed by atoms with Gasteiger partial charge in [0.1, 0.15) is 17.6 Å². The molecule has 1 N–H and O–H groups in total. The summed E-state index contributed by atoms with van der Waals surface area (Å²) in [7, 11) is 5.81. The average molecular weight is 356 g/mol. The van der Waals surface area contributed by atoms with Gasteiger partial charge in [0.05, 0.1) is 13.5 Å². The number of aliphatic hydroxyl groups excluding tert-OH is 1. The Morgan fingerprint density at radius 3 is 2.50 bits per heavy atom. The Morgan fingerprint density at radius 1 is 1.40 bits per heavy atom. The van der Waals surface area contributed by atoms with Gasteiger partial charge in [-0.1, -0.05) is 27.5 Å². The van der Waals surface area contributed by atoms with Crippen molar-refractivity contribution in [3.05, 3.63) is 57.1 Å². The Kier molecular flexibility index (Phi) is 4.68. The summed E-state index contributed by atoms with van der Waals surface area (Å²) >= 11 is 9.06. The van der Waals surface area contributed by atoms with Crippen LogP contribution in [-0.2, 0) is 6.73 Å². The van der Waals surface area contributed by atoms with Gasteiger partial charge in [-0.3, -0.25) is 9.36 Å². The van der Waals surface area contributed by atoms with Gasteiger partial charge in [-0.15, -0.1) is 0 Å². The number of aliphatic hydroxyl groups is 1. The highest BCUT2D eigenvalue weighted by molar-refractivity contribution is 9.09. The summed E-state index contributed by atoms with van der Waals surface area (Å²) in [6, 6.07) is 6.97. The molecule has 0 aliphatic carbocycles. The number of pyridine rings is 1. The maximum absolute atomic E-state index is 13.0. The van der Waals surface area contributed by atoms with Crippen molar-refractivity contribution in [1.29, 1.82) is 0 Å². The Bertz CT molecular complexity index is 688. The molecule has 102 valence electrons. The van der Waals surface area contributed by atoms with E-state index in [1.165, 1.54) is 30.3 Å². The van der Waals surface area contributed by atoms with Gasteiger partial charge in [0, 0.05) is 4.73 Å². The molecule has 1 atom stereocenters. The van der Waals surface area contributed by atoms with Crippen molar-refractivity contribution in [2.24, 2.45) is 0 Å². The van der Waals surface area contributed by atoms with E-state index >= 15 is 0 Å². The summed E-state index contributed by atoms with van der Waals surface area (Å²) in [5, 5.41) is 9.37. The Balaban J connectivity index is 2.81. The van der Waals surface area contributed by atoms with E-state index in [1.54, 1.807) is 0 Å². The molecule has 0 fully saturated rings. The molecule has 0 saturated carbocycles. The second kappa shape index (κ2) is 6.12. The van der Waals surface area contributed by atoms with Crippen molar-refractivity contribution in [3.63, 3.8) is 0 Å². The Hall–Kier alpha value is -1.11. The third-order valence-electron chi connectivity index (χ3n) is 2.83. The number of hydrogen-bond acceptors (Lipinski definition) is 2. The van der Waals surface area contributed by atoms with E-state index in [4.69, 9.17) is 19.4 Å². The highest BCUT2D eigenvalue weighted by Gasteiger charge is 2.17. The number of rotatable bonds is 3. The Labute approximate surface area is 129 Å². The molecule has 0 spiro atoms. The first-order valence-corrected chi connectivity index (χ1v) is 6.94. The van der Waals surface area contributed by atoms with Gasteiger partial charge in [0.25, 0.3) is 5.56 Å². The summed E-state index contributed by atoms with van der Waals surface area (Å²) in [6.07, 6.45) is 0. The molecule has 2 radical (unpaired) electrons. The predicted molar refractivity (Wildman–Crippen MR) is 80.7 cm³/mol. The molecule has 2 rings (SSSR count). The zero-order chi connectivity index (χ0) is 14.9. The second-order valence-corrected chi connectivity index (χ2v) is 5.47. The molecule has 3 nitrogen and oxygen atoms in total. The van der Waals surface area contributed by atoms with E-state index in [2.05, 4.69) is 15.9 Å². The Morgan fingerprint density at radius 2 is 2.00 bits per heavy atom. The molecule has 0 saturated heterocycles. The van der Waals surface area contributed by atoms with Crippen LogP contribution < -0.4 is 5.56 Å². The number of halogens is 3. The highest BCUT2D eigenvalue weighted by Crippen LogP contribution is 2.31. The molecule has 20 heavy (non-hydrogen) atoms. The van der Waals surface area contributed by atoms with E-state index in [0.29, 0.717) is 16.8 Å². The first kappa shape index (κ1) is 15.3. The number of nitrogens with zero attached hydrogens (tertiary/aromatic N) is 1. The maximum atomic E-state index is 13.0. The molecule has 0 bridgehead atoms. The minimum Gasteiger partial charge on any atom is -0.376 e. The van der Waals surface area contributed by atoms with E-state index in [-0.39, 0.29) is 5.02 Å². The summed E-state index contributed by atoms with van der Waals surface area (Å²) in [5.74, 6) is -0.398. The van der Waals surface area contributed by atoms with E-state index in [9.17, 15) is 14.3 Å². The summed E-state index contributed by atoms with van der Waals surface area (Å²) < 4.78 is 13.5. The lowest BCUT2D eigenvalue weighted by molar-refractivity contribution is 0.207. The lowest BCUT2D eigenvalue weighted by atomic mass is 9.92. The van der Waals surface area contributed by atoms with Gasteiger partial charge in [0.15, 0.2) is 0 Å². The van der Waals surface area contributed by atoms with Gasteiger partial charge in [-0.2, -0.15) is 0 Å². The molecule has 0 aliphatic rings. The quantitative estimate of drug-likeness (QED) is 0.679. The highest BCUT2D eigenvalue weighted by atomic mass is 79.9. The first-order chi connectivity index (χ1) is 9.45. The number of hydrogen-bond donors (Lipinski definition) is 1. The van der Waals surface area contributed by atoms with E-state index < -0.39 is 22.8 Å². The standard InChI is InChI=1S/C13H9BBrClFNO2/c14-12(15)9-5-10(16)13(20)18(6-19)11(9)7-1-3-8(17)4-2-7/h1-5,12,19H,6H2. The van der Waals surface area contributed by atoms with Crippen LogP contribution in [-0.4, -0.2) is 17.5 Å². The topological polar surface area (TPSA) is 42.2 Å². The monoisotopic (exact) mass is 355 g/mol. The number of benzene rings is 1. The molecule has 1 heterocycles. The van der Waals surface area contributed by atoms with Gasteiger partial charge in [-0.25, -0.2) is 4.39 Å². The number of alkyl halides is 1. The van der Waals surface area contributed by atoms with Crippen LogP contribution in [0.3, 0.4) is 0 Å². The normalized spacial score (nSPS) is 12.4. The zero-order valence-corrected chi connectivity index (χ0v) is 12.5. The summed E-state index contributed by atoms with van der Waals surface area (Å²) in [6.45, 7) is -0.557. The fourth-order valence-corrected chi connectivity index (χ4v) is 2.50. The molecule has 1 aromatic heterocycles. The van der Waals surface area contributed by atoms with Crippen LogP contribution in [0.4, 0.5) is 4.39 Å². The molecular formula is C13H9BBrClFNO2. The SMILES string of the molecule is [B]C(Br)c1cc(Cl)c(=O)n(CO)c1-c1ccc(F)cc1. The van der Waals surface area contributed by atoms with Crippen molar-refractivity contribution in [1.82, 2.24) is 4.57 Å². The van der Waals surface area contributed by atoms with E-state index in [0.717, 1.165) is 4.57 Å². The van der Waals surface area contributed by atoms with Crippen molar-refractivity contribution < 1.29 is 9.50 Å². The first-order valence-electron chi connectivity index (χ1n) is 5.65. The second-order valence-electron chi connectivity index (χ2n) is 4.08. The van der Waals surface area contributed by atoms with Crippen LogP contribution in [0.25, 0.3) is 11.3 Å². The van der Waals surface area contributed by atoms with E-state index in [1.807, 2.05) is 0 Å². The smallest absolute Gasteiger partial charge is 0.271 e. The fourth-order valence-electron chi connectivity index (χ4n) is 1.93. The van der Waals surface area contributed by atoms with Crippen molar-refractivity contribution in [2.45, 2.75) is 11.5 Å². The predicted octanol–water partition coefficient (Wildman–Crippen LogP) is 2.82. The average Bonchev–Trinajstić information content (AvgIpc) is 2.42. The van der Waals surface area contributed by atoms with Gasteiger partial charge < -0.3 is 5.11 Å². The largest absolute Gasteiger partial charge is 0.376 e. The van der Waals surface area contributed by atoms with Crippen LogP contribution in [0.1, 0.15) is 10.3 Å². The molecule has 1 aromatic carbocycles. The molecule has 0 aliphatic heterocycles. The minimum atomic E-state index is -0.585. The van der Waals surface area contributed by atoms with Crippen LogP contribution in [0.15, 0.2) is 35.1 Å². The van der Waals surface area contributed by atoms with Crippen LogP contribution in [0.5, 0.6) is 0 Å². The fraction of sp³-hybridized carbons (Fsp3) is 0.154. The van der Waals surface area contributed by atoms with Gasteiger partial charge >= 0.3 is 0 Å². The zero-order valence-electron chi connectivity index (χ0n) is 10.2. The third-order valence-corrected chi connectivity index (χ3v) is 3.60. The van der Waals surface area contributed by atoms with Gasteiger partial charge in [0.2, 0.25) is 0 Å². The molecular weight excluding hydrogens is 347 g/mol. The van der Waals surface area contributed by atoms with Crippen LogP contribution in [0.2, 0.25) is 5.02 Å². The lowest BCUT2D eigenvalue weighted by Crippen LogP contribution is -2.24. The van der Waals surface area contributed by atoms with Crippen LogP contribution >= 0.6 is 27.5 Å². The summed E-state index contributed by atoms with van der Waals surface area (Å²) in [4.78, 5) is 12.0. The number of aromatic nitrogens is 1. The molecule has 1 unspecified atom stereocenters. The van der Waals surface area contributed by atoms with Gasteiger partial charge in [-0.05, 0) is 41.5 Å². The summed E-state index contributed by atoms with van der Waals surface area (Å²) in [5.41, 5.74) is 0.936. The minimum absolute atomic E-state index is 0.0465. The van der Waals surface area contributed by atoms with Crippen molar-refractivity contribution >= 4 is 35.4 Å². The van der Waals surface area contributed by atoms with Crippen molar-refractivity contribution in [3.8, 4) is 11.3 Å². The third kappa shape index (κ3) is 2.82.